The first-order chi connectivity index (χ1) is 8.70. The number of nitro groups is 1. The second-order valence-corrected chi connectivity index (χ2v) is 4.80. The molecule has 0 saturated carbocycles. The Hall–Kier alpha value is -1.76. The number of aromatic amines is 1. The van der Waals surface area contributed by atoms with Gasteiger partial charge in [-0.05, 0) is 24.5 Å². The van der Waals surface area contributed by atoms with Crippen molar-refractivity contribution in [2.24, 2.45) is 0 Å². The number of nitrogens with one attached hydrogen (secondary N) is 2. The Morgan fingerprint density at radius 3 is 3.11 bits per heavy atom. The molecule has 0 aliphatic carbocycles. The Balaban J connectivity index is 2.09. The van der Waals surface area contributed by atoms with Crippen LogP contribution in [-0.2, 0) is 0 Å². The number of benzene rings is 1. The second-order valence-electron chi connectivity index (χ2n) is 3.82. The number of rotatable bonds is 6. The molecule has 18 heavy (non-hydrogen) atoms. The van der Waals surface area contributed by atoms with Gasteiger partial charge in [-0.15, -0.1) is 0 Å². The van der Waals surface area contributed by atoms with Gasteiger partial charge in [0.05, 0.1) is 16.0 Å². The molecule has 96 valence electrons. The van der Waals surface area contributed by atoms with Crippen LogP contribution < -0.4 is 5.32 Å². The summed E-state index contributed by atoms with van der Waals surface area (Å²) < 4.78 is 0. The van der Waals surface area contributed by atoms with Gasteiger partial charge in [0, 0.05) is 18.7 Å². The van der Waals surface area contributed by atoms with E-state index in [-0.39, 0.29) is 5.69 Å². The summed E-state index contributed by atoms with van der Waals surface area (Å²) in [6, 6.07) is 4.60. The van der Waals surface area contributed by atoms with Crippen molar-refractivity contribution in [1.29, 1.82) is 0 Å². The molecule has 0 bridgehead atoms. The van der Waals surface area contributed by atoms with Gasteiger partial charge in [-0.1, -0.05) is 0 Å². The summed E-state index contributed by atoms with van der Waals surface area (Å²) in [4.78, 5) is 17.6. The van der Waals surface area contributed by atoms with E-state index in [0.717, 1.165) is 24.2 Å². The van der Waals surface area contributed by atoms with E-state index in [1.165, 1.54) is 12.1 Å². The van der Waals surface area contributed by atoms with Gasteiger partial charge in [-0.3, -0.25) is 10.1 Å². The highest BCUT2D eigenvalue weighted by atomic mass is 32.2. The first-order valence-corrected chi connectivity index (χ1v) is 6.97. The van der Waals surface area contributed by atoms with E-state index in [9.17, 15) is 10.1 Å². The number of hydrogen-bond acceptors (Lipinski definition) is 5. The highest BCUT2D eigenvalue weighted by Crippen LogP contribution is 2.20. The van der Waals surface area contributed by atoms with Crippen LogP contribution in [0.2, 0.25) is 0 Å². The minimum atomic E-state index is -0.411. The molecule has 7 heteroatoms. The maximum absolute atomic E-state index is 10.6. The molecule has 1 aromatic carbocycles. The highest BCUT2D eigenvalue weighted by molar-refractivity contribution is 7.98. The van der Waals surface area contributed by atoms with E-state index < -0.39 is 4.92 Å². The number of aromatic nitrogens is 2. The summed E-state index contributed by atoms with van der Waals surface area (Å²) in [6.07, 6.45) is 3.12. The van der Waals surface area contributed by atoms with E-state index in [1.807, 2.05) is 0 Å². The number of anilines is 1. The van der Waals surface area contributed by atoms with E-state index in [4.69, 9.17) is 0 Å². The summed E-state index contributed by atoms with van der Waals surface area (Å²) in [5.41, 5.74) is 1.48. The maximum atomic E-state index is 10.6. The molecule has 0 fully saturated rings. The first-order valence-electron chi connectivity index (χ1n) is 5.57. The summed E-state index contributed by atoms with van der Waals surface area (Å²) in [5.74, 6) is 1.75. The van der Waals surface area contributed by atoms with Crippen LogP contribution >= 0.6 is 11.8 Å². The Kier molecular flexibility index (Phi) is 4.03. The Bertz CT molecular complexity index is 555. The summed E-state index contributed by atoms with van der Waals surface area (Å²) in [5, 5.41) is 13.8. The molecular weight excluding hydrogens is 252 g/mol. The van der Waals surface area contributed by atoms with E-state index >= 15 is 0 Å². The van der Waals surface area contributed by atoms with E-state index in [2.05, 4.69) is 21.5 Å². The zero-order chi connectivity index (χ0) is 13.0. The Morgan fingerprint density at radius 1 is 1.56 bits per heavy atom. The van der Waals surface area contributed by atoms with Crippen LogP contribution in [0.25, 0.3) is 11.0 Å². The van der Waals surface area contributed by atoms with Crippen LogP contribution in [0.4, 0.5) is 11.6 Å². The van der Waals surface area contributed by atoms with Gasteiger partial charge >= 0.3 is 0 Å². The second kappa shape index (κ2) is 5.72. The zero-order valence-electron chi connectivity index (χ0n) is 9.97. The van der Waals surface area contributed by atoms with Gasteiger partial charge in [-0.2, -0.15) is 11.8 Å². The third-order valence-corrected chi connectivity index (χ3v) is 3.19. The molecule has 2 rings (SSSR count). The molecule has 0 unspecified atom stereocenters. The molecule has 1 aromatic heterocycles. The molecular formula is C11H14N4O2S. The van der Waals surface area contributed by atoms with Gasteiger partial charge in [-0.25, -0.2) is 4.98 Å². The molecule has 0 saturated heterocycles. The van der Waals surface area contributed by atoms with Gasteiger partial charge in [0.15, 0.2) is 0 Å². The quantitative estimate of drug-likeness (QED) is 0.477. The number of nitro benzene ring substituents is 1. The van der Waals surface area contributed by atoms with Crippen molar-refractivity contribution in [1.82, 2.24) is 9.97 Å². The van der Waals surface area contributed by atoms with E-state index in [0.29, 0.717) is 11.5 Å². The van der Waals surface area contributed by atoms with Crippen molar-refractivity contribution in [2.45, 2.75) is 6.42 Å². The molecule has 0 aliphatic heterocycles. The average Bonchev–Trinajstić information content (AvgIpc) is 2.76. The fourth-order valence-electron chi connectivity index (χ4n) is 1.62. The molecule has 0 aliphatic rings. The fourth-order valence-corrected chi connectivity index (χ4v) is 2.05. The van der Waals surface area contributed by atoms with Crippen molar-refractivity contribution in [2.75, 3.05) is 23.9 Å². The number of thioether (sulfide) groups is 1. The summed E-state index contributed by atoms with van der Waals surface area (Å²) in [7, 11) is 0. The predicted molar refractivity (Wildman–Crippen MR) is 74.2 cm³/mol. The number of non-ortho nitro benzene ring substituents is 1. The Labute approximate surface area is 108 Å². The van der Waals surface area contributed by atoms with Gasteiger partial charge in [0.1, 0.15) is 0 Å². The molecule has 2 aromatic rings. The minimum absolute atomic E-state index is 0.0695. The zero-order valence-corrected chi connectivity index (χ0v) is 10.8. The van der Waals surface area contributed by atoms with Crippen LogP contribution in [0.1, 0.15) is 6.42 Å². The van der Waals surface area contributed by atoms with Crippen molar-refractivity contribution in [3.63, 3.8) is 0 Å². The lowest BCUT2D eigenvalue weighted by molar-refractivity contribution is -0.384. The van der Waals surface area contributed by atoms with Crippen LogP contribution in [0.15, 0.2) is 18.2 Å². The third kappa shape index (κ3) is 2.92. The van der Waals surface area contributed by atoms with Crippen LogP contribution in [0.3, 0.4) is 0 Å². The van der Waals surface area contributed by atoms with Crippen molar-refractivity contribution in [3.05, 3.63) is 28.3 Å². The standard InChI is InChI=1S/C11H14N4O2S/c1-18-6-2-5-12-11-13-9-4-3-8(15(16)17)7-10(9)14-11/h3-4,7H,2,5-6H2,1H3,(H2,12,13,14). The molecule has 2 N–H and O–H groups in total. The maximum Gasteiger partial charge on any atom is 0.271 e. The molecule has 0 atom stereocenters. The minimum Gasteiger partial charge on any atom is -0.356 e. The van der Waals surface area contributed by atoms with Crippen LogP contribution in [-0.4, -0.2) is 33.4 Å². The highest BCUT2D eigenvalue weighted by Gasteiger charge is 2.09. The lowest BCUT2D eigenvalue weighted by Gasteiger charge is -2.00. The summed E-state index contributed by atoms with van der Waals surface area (Å²) >= 11 is 1.80. The van der Waals surface area contributed by atoms with Crippen LogP contribution in [0, 0.1) is 10.1 Å². The fraction of sp³-hybridized carbons (Fsp3) is 0.364. The molecule has 0 spiro atoms. The molecule has 0 amide bonds. The van der Waals surface area contributed by atoms with Crippen LogP contribution in [0.5, 0.6) is 0 Å². The molecule has 6 nitrogen and oxygen atoms in total. The lowest BCUT2D eigenvalue weighted by Crippen LogP contribution is -2.03. The number of fused-ring (bicyclic) bond motifs is 1. The van der Waals surface area contributed by atoms with Gasteiger partial charge in [0.2, 0.25) is 5.95 Å². The van der Waals surface area contributed by atoms with E-state index in [1.54, 1.807) is 17.8 Å². The van der Waals surface area contributed by atoms with Gasteiger partial charge < -0.3 is 10.3 Å². The number of imidazole rings is 1. The first kappa shape index (κ1) is 12.7. The SMILES string of the molecule is CSCCCNc1nc2ccc([N+](=O)[O-])cc2[nH]1. The average molecular weight is 266 g/mol. The number of H-pyrrole nitrogens is 1. The number of nitrogens with zero attached hydrogens (tertiary/aromatic N) is 2. The monoisotopic (exact) mass is 266 g/mol. The third-order valence-electron chi connectivity index (χ3n) is 2.49. The van der Waals surface area contributed by atoms with Gasteiger partial charge in [0.25, 0.3) is 5.69 Å². The summed E-state index contributed by atoms with van der Waals surface area (Å²) in [6.45, 7) is 0.836. The topological polar surface area (TPSA) is 83.8 Å². The Morgan fingerprint density at radius 2 is 2.39 bits per heavy atom. The lowest BCUT2D eigenvalue weighted by atomic mass is 10.3. The normalized spacial score (nSPS) is 10.7. The largest absolute Gasteiger partial charge is 0.356 e. The molecule has 0 radical (unpaired) electrons. The predicted octanol–water partition coefficient (Wildman–Crippen LogP) is 2.64. The van der Waals surface area contributed by atoms with Crippen molar-refractivity contribution in [3.8, 4) is 0 Å². The number of hydrogen-bond donors (Lipinski definition) is 2. The van der Waals surface area contributed by atoms with Crippen molar-refractivity contribution >= 4 is 34.4 Å². The smallest absolute Gasteiger partial charge is 0.271 e. The molecule has 1 heterocycles. The van der Waals surface area contributed by atoms with Crippen molar-refractivity contribution < 1.29 is 4.92 Å².